The second-order valence-corrected chi connectivity index (χ2v) is 15.5. The summed E-state index contributed by atoms with van der Waals surface area (Å²) in [6, 6.07) is 0. The molecule has 16 N–H and O–H groups in total. The van der Waals surface area contributed by atoms with E-state index in [4.69, 9.17) is 0 Å². The van der Waals surface area contributed by atoms with Crippen LogP contribution in [0.1, 0.15) is 55.4 Å². The average Bonchev–Trinajstić information content (AvgIpc) is 3.18. The number of carbonyl (C=O) groups excluding carboxylic acids is 4. The van der Waals surface area contributed by atoms with Crippen molar-refractivity contribution in [2.24, 2.45) is 20.5 Å². The molecule has 0 atom stereocenters. The maximum Gasteiger partial charge on any atom is 0.249 e. The highest BCUT2D eigenvalue weighted by Gasteiger charge is 2.41. The van der Waals surface area contributed by atoms with Crippen LogP contribution in [0.4, 0.5) is 0 Å². The SMILES string of the molecule is CC(C)(N=NC(C)(C)C(=O)NC(CO)(CO)CO)C(=O)NC(CO)(CO)CO.CC(C)(N=NC(C)(C)C(=O)NC(CO)(CO)CO)C(=O)NC(CO)(CO)CO. The number of nitrogens with one attached hydrogen (secondary N) is 4. The van der Waals surface area contributed by atoms with Gasteiger partial charge in [-0.2, -0.15) is 20.5 Å². The Balaban J connectivity index is 0. The van der Waals surface area contributed by atoms with Gasteiger partial charge in [0.2, 0.25) is 23.6 Å². The molecule has 0 aromatic rings. The fourth-order valence-corrected chi connectivity index (χ4v) is 3.33. The largest absolute Gasteiger partial charge is 0.394 e. The van der Waals surface area contributed by atoms with E-state index in [1.54, 1.807) is 0 Å². The summed E-state index contributed by atoms with van der Waals surface area (Å²) in [6.45, 7) is 2.45. The van der Waals surface area contributed by atoms with E-state index in [2.05, 4.69) is 41.7 Å². The lowest BCUT2D eigenvalue weighted by Gasteiger charge is -2.33. The number of hydrogen-bond acceptors (Lipinski definition) is 20. The number of amides is 4. The monoisotopic (exact) mass is 816 g/mol. The fourth-order valence-electron chi connectivity index (χ4n) is 3.33. The molecule has 0 spiro atoms. The van der Waals surface area contributed by atoms with Gasteiger partial charge < -0.3 is 82.5 Å². The number of rotatable bonds is 24. The van der Waals surface area contributed by atoms with Gasteiger partial charge in [0.1, 0.15) is 22.2 Å². The molecule has 0 rings (SSSR count). The molecule has 0 aromatic heterocycles. The van der Waals surface area contributed by atoms with Crippen LogP contribution in [0.25, 0.3) is 0 Å². The first-order chi connectivity index (χ1) is 25.7. The summed E-state index contributed by atoms with van der Waals surface area (Å²) in [5.74, 6) is -3.06. The topological polar surface area (TPSA) is 409 Å². The molecule has 0 unspecified atom stereocenters. The molecule has 0 saturated heterocycles. The first kappa shape index (κ1) is 54.7. The quantitative estimate of drug-likeness (QED) is 0.0403. The van der Waals surface area contributed by atoms with Crippen molar-refractivity contribution in [1.29, 1.82) is 0 Å². The molecule has 0 aromatic carbocycles. The zero-order valence-electron chi connectivity index (χ0n) is 33.3. The number of hydrogen-bond donors (Lipinski definition) is 16. The van der Waals surface area contributed by atoms with Crippen molar-refractivity contribution >= 4 is 23.6 Å². The van der Waals surface area contributed by atoms with Crippen LogP contribution in [0.5, 0.6) is 0 Å². The molecule has 0 aliphatic carbocycles. The Kier molecular flexibility index (Phi) is 22.0. The third kappa shape index (κ3) is 15.2. The smallest absolute Gasteiger partial charge is 0.249 e. The van der Waals surface area contributed by atoms with Gasteiger partial charge in [-0.25, -0.2) is 0 Å². The molecule has 0 aliphatic rings. The van der Waals surface area contributed by atoms with Gasteiger partial charge in [0.05, 0.1) is 79.3 Å². The number of aliphatic hydroxyl groups excluding tert-OH is 12. The molecule has 0 bridgehead atoms. The summed E-state index contributed by atoms with van der Waals surface area (Å²) >= 11 is 0. The van der Waals surface area contributed by atoms with E-state index in [1.807, 2.05) is 0 Å². The van der Waals surface area contributed by atoms with Crippen LogP contribution in [0.3, 0.4) is 0 Å². The van der Waals surface area contributed by atoms with Gasteiger partial charge in [-0.3, -0.25) is 19.2 Å². The molecule has 24 nitrogen and oxygen atoms in total. The van der Waals surface area contributed by atoms with Crippen molar-refractivity contribution in [2.75, 3.05) is 79.3 Å². The second-order valence-electron chi connectivity index (χ2n) is 15.5. The van der Waals surface area contributed by atoms with Crippen LogP contribution in [-0.4, -0.2) is 209 Å². The fraction of sp³-hybridized carbons (Fsp3) is 0.875. The lowest BCUT2D eigenvalue weighted by atomic mass is 9.98. The van der Waals surface area contributed by atoms with Gasteiger partial charge in [0, 0.05) is 0 Å². The normalized spacial score (nSPS) is 13.6. The Bertz CT molecular complexity index is 1080. The number of nitrogens with zero attached hydrogens (tertiary/aromatic N) is 4. The highest BCUT2D eigenvalue weighted by molar-refractivity contribution is 5.88. The van der Waals surface area contributed by atoms with E-state index in [0.717, 1.165) is 0 Å². The Morgan fingerprint density at radius 2 is 0.411 bits per heavy atom. The lowest BCUT2D eigenvalue weighted by Crippen LogP contribution is -2.61. The summed E-state index contributed by atoms with van der Waals surface area (Å²) in [6.07, 6.45) is 0. The molecule has 0 saturated carbocycles. The van der Waals surface area contributed by atoms with Crippen molar-refractivity contribution in [2.45, 2.75) is 99.7 Å². The van der Waals surface area contributed by atoms with Crippen molar-refractivity contribution < 1.29 is 80.5 Å². The first-order valence-corrected chi connectivity index (χ1v) is 17.1. The van der Waals surface area contributed by atoms with E-state index in [1.165, 1.54) is 55.4 Å². The highest BCUT2D eigenvalue weighted by atomic mass is 16.3. The zero-order valence-corrected chi connectivity index (χ0v) is 33.3. The van der Waals surface area contributed by atoms with Gasteiger partial charge in [-0.05, 0) is 55.4 Å². The minimum Gasteiger partial charge on any atom is -0.394 e. The number of azo groups is 2. The first-order valence-electron chi connectivity index (χ1n) is 17.1. The maximum absolute atomic E-state index is 12.4. The van der Waals surface area contributed by atoms with E-state index in [9.17, 15) is 80.5 Å². The van der Waals surface area contributed by atoms with Crippen LogP contribution >= 0.6 is 0 Å². The third-order valence-corrected chi connectivity index (χ3v) is 8.47. The minimum absolute atomic E-state index is 0.710. The van der Waals surface area contributed by atoms with Gasteiger partial charge in [-0.15, -0.1) is 0 Å². The van der Waals surface area contributed by atoms with Gasteiger partial charge >= 0.3 is 0 Å². The highest BCUT2D eigenvalue weighted by Crippen LogP contribution is 2.21. The van der Waals surface area contributed by atoms with E-state index in [-0.39, 0.29) is 0 Å². The van der Waals surface area contributed by atoms with Crippen molar-refractivity contribution in [3.05, 3.63) is 0 Å². The summed E-state index contributed by atoms with van der Waals surface area (Å²) < 4.78 is 0. The van der Waals surface area contributed by atoms with Gasteiger partial charge in [-0.1, -0.05) is 0 Å². The molecule has 56 heavy (non-hydrogen) atoms. The molecular formula is C32H64N8O16. The Hall–Kier alpha value is -3.40. The van der Waals surface area contributed by atoms with Crippen LogP contribution < -0.4 is 21.3 Å². The molecule has 0 radical (unpaired) electrons. The average molecular weight is 817 g/mol. The lowest BCUT2D eigenvalue weighted by molar-refractivity contribution is -0.131. The van der Waals surface area contributed by atoms with Crippen LogP contribution in [-0.2, 0) is 19.2 Å². The van der Waals surface area contributed by atoms with Crippen molar-refractivity contribution in [3.63, 3.8) is 0 Å². The predicted octanol–water partition coefficient (Wildman–Crippen LogP) is -6.68. The minimum atomic E-state index is -1.64. The summed E-state index contributed by atoms with van der Waals surface area (Å²) in [7, 11) is 0. The Labute approximate surface area is 324 Å². The van der Waals surface area contributed by atoms with E-state index >= 15 is 0 Å². The third-order valence-electron chi connectivity index (χ3n) is 8.47. The number of aliphatic hydroxyl groups is 12. The summed E-state index contributed by atoms with van der Waals surface area (Å²) in [4.78, 5) is 49.7. The summed E-state index contributed by atoms with van der Waals surface area (Å²) in [5, 5.41) is 136. The molecule has 0 aliphatic heterocycles. The van der Waals surface area contributed by atoms with Crippen LogP contribution in [0, 0.1) is 0 Å². The predicted molar refractivity (Wildman–Crippen MR) is 195 cm³/mol. The standard InChI is InChI=1S/2C16H32N4O8/c2*1-13(2,11(27)17-15(5-21,6-22)7-23)19-20-14(3,4)12(28)18-16(8-24,9-25)10-26/h2*21-26H,5-10H2,1-4H3,(H,17,27)(H,18,28). The molecule has 0 fully saturated rings. The van der Waals surface area contributed by atoms with Gasteiger partial charge in [0.25, 0.3) is 0 Å². The summed E-state index contributed by atoms with van der Waals surface area (Å²) in [5.41, 5.74) is -12.7. The number of carbonyl (C=O) groups is 4. The molecule has 24 heteroatoms. The van der Waals surface area contributed by atoms with Crippen molar-refractivity contribution in [1.82, 2.24) is 21.3 Å². The maximum atomic E-state index is 12.4. The van der Waals surface area contributed by atoms with Crippen LogP contribution in [0.15, 0.2) is 20.5 Å². The van der Waals surface area contributed by atoms with Gasteiger partial charge in [0.15, 0.2) is 22.2 Å². The van der Waals surface area contributed by atoms with Crippen molar-refractivity contribution in [3.8, 4) is 0 Å². The van der Waals surface area contributed by atoms with E-state index < -0.39 is 147 Å². The molecule has 4 amide bonds. The zero-order chi connectivity index (χ0) is 44.5. The van der Waals surface area contributed by atoms with Crippen LogP contribution in [0.2, 0.25) is 0 Å². The van der Waals surface area contributed by atoms with E-state index in [0.29, 0.717) is 0 Å². The Morgan fingerprint density at radius 1 is 0.304 bits per heavy atom. The second kappa shape index (κ2) is 22.5. The Morgan fingerprint density at radius 3 is 0.500 bits per heavy atom. The molecule has 328 valence electrons. The molecule has 0 heterocycles. The molecular weight excluding hydrogens is 752 g/mol.